The molecule has 2 aliphatic carbocycles. The van der Waals surface area contributed by atoms with E-state index in [9.17, 15) is 0 Å². The maximum atomic E-state index is 4.62. The fraction of sp³-hybridized carbons (Fsp3) is 0.105. The molecular formula is C19H18Cl2Zr. The molecule has 2 aromatic carbocycles. The van der Waals surface area contributed by atoms with Gasteiger partial charge in [-0.05, 0) is 0 Å². The Labute approximate surface area is 151 Å². The molecule has 0 aromatic heterocycles. The zero-order chi connectivity index (χ0) is 13.5. The molecule has 3 heteroatoms. The third-order valence-electron chi connectivity index (χ3n) is 4.33. The van der Waals surface area contributed by atoms with Crippen molar-refractivity contribution < 1.29 is 21.3 Å². The number of fused-ring (bicyclic) bond motifs is 3. The molecule has 0 saturated heterocycles. The van der Waals surface area contributed by atoms with Gasteiger partial charge in [-0.15, -0.1) is 24.8 Å². The average molecular weight is 408 g/mol. The molecular weight excluding hydrogens is 390 g/mol. The van der Waals surface area contributed by atoms with Crippen molar-refractivity contribution in [1.82, 2.24) is 0 Å². The Bertz CT molecular complexity index is 788. The summed E-state index contributed by atoms with van der Waals surface area (Å²) in [4.78, 5) is 0. The molecule has 2 aliphatic rings. The van der Waals surface area contributed by atoms with Crippen LogP contribution in [0.15, 0.2) is 64.0 Å². The normalized spacial score (nSPS) is 13.5. The third kappa shape index (κ3) is 2.87. The summed E-state index contributed by atoms with van der Waals surface area (Å²) in [5, 5.41) is 0. The van der Waals surface area contributed by atoms with E-state index in [2.05, 4.69) is 64.9 Å². The van der Waals surface area contributed by atoms with Crippen LogP contribution in [0.3, 0.4) is 0 Å². The van der Waals surface area contributed by atoms with Gasteiger partial charge in [-0.1, -0.05) is 0 Å². The maximum absolute atomic E-state index is 4.62. The van der Waals surface area contributed by atoms with E-state index in [1.807, 2.05) is 0 Å². The molecule has 112 valence electrons. The molecule has 0 bridgehead atoms. The van der Waals surface area contributed by atoms with E-state index in [4.69, 9.17) is 0 Å². The summed E-state index contributed by atoms with van der Waals surface area (Å²) in [6.07, 6.45) is 9.00. The van der Waals surface area contributed by atoms with Crippen LogP contribution >= 0.6 is 24.8 Å². The van der Waals surface area contributed by atoms with Gasteiger partial charge < -0.3 is 0 Å². The van der Waals surface area contributed by atoms with Gasteiger partial charge in [0, 0.05) is 0 Å². The zero-order valence-corrected chi connectivity index (χ0v) is 16.3. The first-order valence-corrected chi connectivity index (χ1v) is 11.3. The second-order valence-electron chi connectivity index (χ2n) is 5.47. The summed E-state index contributed by atoms with van der Waals surface area (Å²) >= 11 is -1.87. The van der Waals surface area contributed by atoms with Crippen LogP contribution in [0.5, 0.6) is 0 Å². The Hall–Kier alpha value is -0.747. The monoisotopic (exact) mass is 406 g/mol. The molecule has 0 unspecified atom stereocenters. The molecule has 0 saturated carbocycles. The summed E-state index contributed by atoms with van der Waals surface area (Å²) in [5.41, 5.74) is 5.92. The van der Waals surface area contributed by atoms with E-state index in [0.717, 1.165) is 12.8 Å². The second kappa shape index (κ2) is 7.22. The number of hydrogen-bond acceptors (Lipinski definition) is 0. The van der Waals surface area contributed by atoms with Crippen molar-refractivity contribution in [2.24, 2.45) is 0 Å². The molecule has 0 amide bonds. The van der Waals surface area contributed by atoms with Crippen molar-refractivity contribution in [2.45, 2.75) is 12.8 Å². The van der Waals surface area contributed by atoms with E-state index in [0.29, 0.717) is 0 Å². The number of rotatable bonds is 2. The summed E-state index contributed by atoms with van der Waals surface area (Å²) < 4.78 is 7.83. The van der Waals surface area contributed by atoms with Crippen molar-refractivity contribution in [1.29, 1.82) is 0 Å². The molecule has 0 nitrogen and oxygen atoms in total. The molecule has 22 heavy (non-hydrogen) atoms. The van der Waals surface area contributed by atoms with E-state index in [1.54, 1.807) is 12.1 Å². The van der Waals surface area contributed by atoms with Crippen LogP contribution in [0.1, 0.15) is 17.5 Å². The van der Waals surface area contributed by atoms with Crippen molar-refractivity contribution >= 4 is 32.3 Å². The fourth-order valence-electron chi connectivity index (χ4n) is 3.28. The van der Waals surface area contributed by atoms with E-state index < -0.39 is 21.3 Å². The first-order chi connectivity index (χ1) is 9.84. The predicted molar refractivity (Wildman–Crippen MR) is 97.8 cm³/mol. The molecule has 2 aromatic rings. The Morgan fingerprint density at radius 1 is 0.909 bits per heavy atom. The van der Waals surface area contributed by atoms with Crippen molar-refractivity contribution in [3.05, 3.63) is 75.1 Å². The van der Waals surface area contributed by atoms with Crippen LogP contribution in [-0.4, -0.2) is 4.21 Å². The minimum absolute atomic E-state index is 0. The third-order valence-corrected chi connectivity index (χ3v) is 9.90. The predicted octanol–water partition coefficient (Wildman–Crippen LogP) is 4.62. The van der Waals surface area contributed by atoms with Crippen molar-refractivity contribution in [3.8, 4) is 11.1 Å². The number of benzene rings is 2. The quantitative estimate of drug-likeness (QED) is 0.581. The van der Waals surface area contributed by atoms with Gasteiger partial charge in [-0.2, -0.15) is 0 Å². The first kappa shape index (κ1) is 17.6. The van der Waals surface area contributed by atoms with E-state index >= 15 is 0 Å². The van der Waals surface area contributed by atoms with Gasteiger partial charge in [-0.3, -0.25) is 0 Å². The van der Waals surface area contributed by atoms with Gasteiger partial charge in [0.1, 0.15) is 0 Å². The van der Waals surface area contributed by atoms with Crippen molar-refractivity contribution in [2.75, 3.05) is 0 Å². The number of allylic oxidation sites excluding steroid dienone is 4. The molecule has 4 rings (SSSR count). The number of hydrogen-bond donors (Lipinski definition) is 0. The Morgan fingerprint density at radius 2 is 1.68 bits per heavy atom. The topological polar surface area (TPSA) is 0 Å². The van der Waals surface area contributed by atoms with Crippen molar-refractivity contribution in [3.63, 3.8) is 0 Å². The van der Waals surface area contributed by atoms with Crippen LogP contribution in [0.4, 0.5) is 0 Å². The second-order valence-corrected chi connectivity index (χ2v) is 10.7. The summed E-state index contributed by atoms with van der Waals surface area (Å²) in [6, 6.07) is 15.7. The van der Waals surface area contributed by atoms with Gasteiger partial charge in [0.15, 0.2) is 0 Å². The van der Waals surface area contributed by atoms with Crippen LogP contribution in [0.2, 0.25) is 0 Å². The Balaban J connectivity index is 0.000000882. The molecule has 0 aliphatic heterocycles. The molecule has 0 fully saturated rings. The van der Waals surface area contributed by atoms with Gasteiger partial charge in [-0.25, -0.2) is 0 Å². The SMILES string of the molecule is Cl.Cl.[CH2]=[Zr]([C]1=CC=CC1)[c]1cccc2c1Cc1ccccc1-2. The molecule has 0 N–H and O–H groups in total. The van der Waals surface area contributed by atoms with Crippen LogP contribution in [-0.2, 0) is 27.7 Å². The zero-order valence-electron chi connectivity index (χ0n) is 12.2. The van der Waals surface area contributed by atoms with Crippen LogP contribution < -0.4 is 3.27 Å². The molecule has 0 radical (unpaired) electrons. The summed E-state index contributed by atoms with van der Waals surface area (Å²) in [5.74, 6) is 0. The van der Waals surface area contributed by atoms with Gasteiger partial charge in [0.2, 0.25) is 0 Å². The summed E-state index contributed by atoms with van der Waals surface area (Å²) in [6.45, 7) is 0. The van der Waals surface area contributed by atoms with Crippen LogP contribution in [0, 0.1) is 0 Å². The fourth-order valence-corrected chi connectivity index (χ4v) is 7.94. The van der Waals surface area contributed by atoms with Gasteiger partial charge in [0.05, 0.1) is 0 Å². The molecule has 0 atom stereocenters. The Kier molecular flexibility index (Phi) is 5.78. The van der Waals surface area contributed by atoms with E-state index in [-0.39, 0.29) is 24.8 Å². The first-order valence-electron chi connectivity index (χ1n) is 7.10. The summed E-state index contributed by atoms with van der Waals surface area (Å²) in [7, 11) is 0. The number of halogens is 2. The molecule has 0 heterocycles. The van der Waals surface area contributed by atoms with Crippen LogP contribution in [0.25, 0.3) is 11.1 Å². The van der Waals surface area contributed by atoms with Gasteiger partial charge >= 0.3 is 128 Å². The average Bonchev–Trinajstić information content (AvgIpc) is 3.13. The molecule has 0 spiro atoms. The van der Waals surface area contributed by atoms with E-state index in [1.165, 1.54) is 16.7 Å². The minimum atomic E-state index is -1.87. The van der Waals surface area contributed by atoms with Gasteiger partial charge in [0.25, 0.3) is 0 Å². The Morgan fingerprint density at radius 3 is 2.45 bits per heavy atom. The standard InChI is InChI=1S/C13H9.C5H5.CH2.2ClH.Zr/c1-3-7-12-10(5-1)9-11-6-2-4-8-13(11)12;1-2-4-5-3-1;;;;/h1-5,7-8H,9H2;1-3H,4H2;1H2;2*1H;.